The van der Waals surface area contributed by atoms with Crippen molar-refractivity contribution in [2.75, 3.05) is 26.8 Å². The second-order valence-electron chi connectivity index (χ2n) is 3.48. The van der Waals surface area contributed by atoms with Crippen molar-refractivity contribution in [1.29, 1.82) is 0 Å². The molecule has 0 radical (unpaired) electrons. The van der Waals surface area contributed by atoms with Crippen LogP contribution in [0.3, 0.4) is 0 Å². The van der Waals surface area contributed by atoms with E-state index in [0.717, 1.165) is 12.1 Å². The van der Waals surface area contributed by atoms with Crippen LogP contribution in [-0.4, -0.2) is 31.9 Å². The molecule has 0 saturated heterocycles. The van der Waals surface area contributed by atoms with Gasteiger partial charge in [0.05, 0.1) is 12.7 Å². The highest BCUT2D eigenvalue weighted by Crippen LogP contribution is 2.20. The monoisotopic (exact) mass is 249 g/mol. The summed E-state index contributed by atoms with van der Waals surface area (Å²) in [5.74, 6) is -4.20. The fraction of sp³-hybridized carbons (Fsp3) is 0.455. The number of benzene rings is 1. The van der Waals surface area contributed by atoms with Crippen molar-refractivity contribution >= 4 is 0 Å². The Morgan fingerprint density at radius 1 is 1.29 bits per heavy atom. The number of halogens is 3. The van der Waals surface area contributed by atoms with Crippen LogP contribution in [0, 0.1) is 17.5 Å². The summed E-state index contributed by atoms with van der Waals surface area (Å²) in [6.07, 6.45) is -1.23. The van der Waals surface area contributed by atoms with Crippen LogP contribution in [0.4, 0.5) is 13.2 Å². The Balaban J connectivity index is 2.63. The summed E-state index contributed by atoms with van der Waals surface area (Å²) in [4.78, 5) is 0. The quantitative estimate of drug-likeness (QED) is 0.591. The van der Waals surface area contributed by atoms with E-state index in [1.807, 2.05) is 0 Å². The van der Waals surface area contributed by atoms with Gasteiger partial charge >= 0.3 is 0 Å². The summed E-state index contributed by atoms with van der Waals surface area (Å²) in [5.41, 5.74) is -0.270. The number of nitrogens with one attached hydrogen (secondary N) is 1. The Hall–Kier alpha value is -1.11. The number of hydrogen-bond acceptors (Lipinski definition) is 3. The Morgan fingerprint density at radius 3 is 2.65 bits per heavy atom. The first-order chi connectivity index (χ1) is 8.07. The molecule has 0 spiro atoms. The molecule has 0 heterocycles. The molecule has 3 nitrogen and oxygen atoms in total. The van der Waals surface area contributed by atoms with Crippen molar-refractivity contribution in [3.8, 4) is 0 Å². The van der Waals surface area contributed by atoms with E-state index in [9.17, 15) is 18.3 Å². The number of aliphatic hydroxyl groups excluding tert-OH is 1. The maximum absolute atomic E-state index is 13.3. The van der Waals surface area contributed by atoms with E-state index in [-0.39, 0.29) is 12.1 Å². The van der Waals surface area contributed by atoms with Gasteiger partial charge in [-0.25, -0.2) is 13.2 Å². The molecule has 0 aromatic heterocycles. The fourth-order valence-electron chi connectivity index (χ4n) is 1.32. The molecular formula is C11H14F3NO2. The summed E-state index contributed by atoms with van der Waals surface area (Å²) in [5, 5.41) is 12.4. The van der Waals surface area contributed by atoms with Gasteiger partial charge in [0.2, 0.25) is 0 Å². The van der Waals surface area contributed by atoms with Gasteiger partial charge < -0.3 is 15.2 Å². The Labute approximate surface area is 97.2 Å². The van der Waals surface area contributed by atoms with Crippen molar-refractivity contribution in [2.45, 2.75) is 6.10 Å². The number of methoxy groups -OCH3 is 1. The standard InChI is InChI=1S/C11H14F3NO2/c1-17-5-4-15-6-9(16)7-2-3-8(12)11(14)10(7)13/h2-3,9,15-16H,4-6H2,1H3. The van der Waals surface area contributed by atoms with E-state index in [2.05, 4.69) is 5.32 Å². The third kappa shape index (κ3) is 3.69. The zero-order valence-corrected chi connectivity index (χ0v) is 9.34. The molecule has 0 amide bonds. The molecular weight excluding hydrogens is 235 g/mol. The van der Waals surface area contributed by atoms with Crippen LogP contribution in [0.15, 0.2) is 12.1 Å². The topological polar surface area (TPSA) is 41.5 Å². The fourth-order valence-corrected chi connectivity index (χ4v) is 1.32. The Bertz CT molecular complexity index is 374. The Morgan fingerprint density at radius 2 is 2.00 bits per heavy atom. The number of aliphatic hydroxyl groups is 1. The first kappa shape index (κ1) is 14.0. The molecule has 6 heteroatoms. The van der Waals surface area contributed by atoms with Crippen LogP contribution in [0.1, 0.15) is 11.7 Å². The lowest BCUT2D eigenvalue weighted by molar-refractivity contribution is 0.157. The molecule has 96 valence electrons. The lowest BCUT2D eigenvalue weighted by Gasteiger charge is -2.13. The average Bonchev–Trinajstić information content (AvgIpc) is 2.31. The number of hydrogen-bond donors (Lipinski definition) is 2. The molecule has 1 aromatic rings. The van der Waals surface area contributed by atoms with Crippen LogP contribution in [0.25, 0.3) is 0 Å². The normalized spacial score (nSPS) is 12.8. The highest BCUT2D eigenvalue weighted by Gasteiger charge is 2.18. The van der Waals surface area contributed by atoms with E-state index >= 15 is 0 Å². The van der Waals surface area contributed by atoms with E-state index in [0.29, 0.717) is 13.2 Å². The summed E-state index contributed by atoms with van der Waals surface area (Å²) in [6, 6.07) is 1.81. The van der Waals surface area contributed by atoms with Crippen LogP contribution in [-0.2, 0) is 4.74 Å². The molecule has 0 bridgehead atoms. The van der Waals surface area contributed by atoms with E-state index in [4.69, 9.17) is 4.74 Å². The largest absolute Gasteiger partial charge is 0.387 e. The minimum atomic E-state index is -1.57. The zero-order valence-electron chi connectivity index (χ0n) is 9.34. The summed E-state index contributed by atoms with van der Waals surface area (Å²) < 4.78 is 43.6. The van der Waals surface area contributed by atoms with Crippen molar-refractivity contribution in [3.05, 3.63) is 35.1 Å². The summed E-state index contributed by atoms with van der Waals surface area (Å²) in [6.45, 7) is 0.942. The molecule has 1 unspecified atom stereocenters. The predicted molar refractivity (Wildman–Crippen MR) is 56.0 cm³/mol. The van der Waals surface area contributed by atoms with Gasteiger partial charge in [0.25, 0.3) is 0 Å². The molecule has 0 saturated carbocycles. The molecule has 1 atom stereocenters. The molecule has 1 rings (SSSR count). The molecule has 0 fully saturated rings. The number of ether oxygens (including phenoxy) is 1. The minimum Gasteiger partial charge on any atom is -0.387 e. The maximum Gasteiger partial charge on any atom is 0.194 e. The lowest BCUT2D eigenvalue weighted by atomic mass is 10.1. The molecule has 0 aliphatic carbocycles. The summed E-state index contributed by atoms with van der Waals surface area (Å²) in [7, 11) is 1.52. The van der Waals surface area contributed by atoms with Crippen LogP contribution >= 0.6 is 0 Å². The smallest absolute Gasteiger partial charge is 0.194 e. The third-order valence-electron chi connectivity index (χ3n) is 2.24. The van der Waals surface area contributed by atoms with Crippen molar-refractivity contribution in [3.63, 3.8) is 0 Å². The SMILES string of the molecule is COCCNCC(O)c1ccc(F)c(F)c1F. The first-order valence-electron chi connectivity index (χ1n) is 5.09. The highest BCUT2D eigenvalue weighted by atomic mass is 19.2. The summed E-state index contributed by atoms with van der Waals surface area (Å²) >= 11 is 0. The van der Waals surface area contributed by atoms with E-state index in [1.54, 1.807) is 0 Å². The third-order valence-corrected chi connectivity index (χ3v) is 2.24. The minimum absolute atomic E-state index is 0.0331. The second kappa shape index (κ2) is 6.58. The van der Waals surface area contributed by atoms with Gasteiger partial charge in [-0.2, -0.15) is 0 Å². The predicted octanol–water partition coefficient (Wildman–Crippen LogP) is 1.37. The zero-order chi connectivity index (χ0) is 12.8. The first-order valence-corrected chi connectivity index (χ1v) is 5.09. The van der Waals surface area contributed by atoms with Crippen LogP contribution < -0.4 is 5.32 Å². The van der Waals surface area contributed by atoms with E-state index < -0.39 is 23.6 Å². The average molecular weight is 249 g/mol. The van der Waals surface area contributed by atoms with Gasteiger partial charge in [-0.1, -0.05) is 6.07 Å². The van der Waals surface area contributed by atoms with E-state index in [1.165, 1.54) is 7.11 Å². The van der Waals surface area contributed by atoms with Crippen LogP contribution in [0.5, 0.6) is 0 Å². The molecule has 1 aromatic carbocycles. The molecule has 0 aliphatic heterocycles. The highest BCUT2D eigenvalue weighted by molar-refractivity contribution is 5.22. The van der Waals surface area contributed by atoms with Gasteiger partial charge in [0.15, 0.2) is 17.5 Å². The second-order valence-corrected chi connectivity index (χ2v) is 3.48. The van der Waals surface area contributed by atoms with Gasteiger partial charge in [0, 0.05) is 25.8 Å². The Kier molecular flexibility index (Phi) is 5.40. The maximum atomic E-state index is 13.3. The lowest BCUT2D eigenvalue weighted by Crippen LogP contribution is -2.25. The molecule has 17 heavy (non-hydrogen) atoms. The van der Waals surface area contributed by atoms with Crippen molar-refractivity contribution in [1.82, 2.24) is 5.32 Å². The van der Waals surface area contributed by atoms with Gasteiger partial charge in [-0.3, -0.25) is 0 Å². The number of rotatable bonds is 6. The molecule has 0 aliphatic rings. The van der Waals surface area contributed by atoms with Crippen LogP contribution in [0.2, 0.25) is 0 Å². The molecule has 2 N–H and O–H groups in total. The van der Waals surface area contributed by atoms with Crippen molar-refractivity contribution in [2.24, 2.45) is 0 Å². The van der Waals surface area contributed by atoms with Crippen molar-refractivity contribution < 1.29 is 23.0 Å². The van der Waals surface area contributed by atoms with Gasteiger partial charge in [0.1, 0.15) is 0 Å². The van der Waals surface area contributed by atoms with Gasteiger partial charge in [-0.15, -0.1) is 0 Å². The van der Waals surface area contributed by atoms with Gasteiger partial charge in [-0.05, 0) is 6.07 Å².